The van der Waals surface area contributed by atoms with E-state index in [1.165, 1.54) is 71.6 Å². The molecule has 1 aliphatic rings. The minimum absolute atomic E-state index is 0. The van der Waals surface area contributed by atoms with Crippen LogP contribution in [-0.4, -0.2) is 0 Å². The van der Waals surface area contributed by atoms with Crippen LogP contribution < -0.4 is 0 Å². The van der Waals surface area contributed by atoms with Crippen LogP contribution in [0.15, 0.2) is 206 Å². The quantitative estimate of drug-likeness (QED) is 0.121. The van der Waals surface area contributed by atoms with Crippen molar-refractivity contribution in [2.75, 3.05) is 0 Å². The number of rotatable bonds is 10. The topological polar surface area (TPSA) is 0 Å². The van der Waals surface area contributed by atoms with Crippen LogP contribution in [0.2, 0.25) is 0 Å². The van der Waals surface area contributed by atoms with Crippen LogP contribution >= 0.6 is 0 Å². The standard InChI is InChI=1S/C56H48.2C2H6.2CH4/c1-39-32-33-49(54-31-17-25-46-23-12-14-29-53(46)54)38-55(39)56(36-42(4)51-30-16-24-45-22-11-13-28-52(45)51)48-27-15-26-47(37-48)50(34-40(2)43-18-7-5-8-19-43)35-41(3)44-20-9-6-10-21-44;2*1-2;;/h5-9,11-20,22-38,41H,4,10,21H2,1-3H3;2*1-2H3;2*1H4/b40-34+,50-35+,56-36-;;;;. The Bertz CT molecular complexity index is 2710. The van der Waals surface area contributed by atoms with Gasteiger partial charge in [-0.1, -0.05) is 238 Å². The van der Waals surface area contributed by atoms with Crippen molar-refractivity contribution in [3.05, 3.63) is 240 Å². The minimum Gasteiger partial charge on any atom is -0.0911 e. The van der Waals surface area contributed by atoms with Gasteiger partial charge in [0.25, 0.3) is 0 Å². The third-order valence-corrected chi connectivity index (χ3v) is 11.3. The van der Waals surface area contributed by atoms with Crippen molar-refractivity contribution in [3.8, 4) is 11.1 Å². The molecule has 8 rings (SSSR count). The smallest absolute Gasteiger partial charge is 0.00392 e. The minimum atomic E-state index is 0. The highest BCUT2D eigenvalue weighted by Crippen LogP contribution is 2.38. The van der Waals surface area contributed by atoms with Gasteiger partial charge in [-0.15, -0.1) is 0 Å². The molecule has 0 heteroatoms. The summed E-state index contributed by atoms with van der Waals surface area (Å²) in [5.41, 5.74) is 15.7. The van der Waals surface area contributed by atoms with E-state index >= 15 is 0 Å². The van der Waals surface area contributed by atoms with Crippen LogP contribution in [0.5, 0.6) is 0 Å². The predicted octanol–water partition coefficient (Wildman–Crippen LogP) is 18.8. The summed E-state index contributed by atoms with van der Waals surface area (Å²) in [4.78, 5) is 0. The lowest BCUT2D eigenvalue weighted by atomic mass is 9.86. The van der Waals surface area contributed by atoms with Crippen molar-refractivity contribution >= 4 is 43.8 Å². The Hall–Kier alpha value is -6.50. The van der Waals surface area contributed by atoms with Gasteiger partial charge in [0.1, 0.15) is 0 Å². The van der Waals surface area contributed by atoms with Gasteiger partial charge in [-0.2, -0.15) is 0 Å². The van der Waals surface area contributed by atoms with E-state index in [0.717, 1.165) is 35.1 Å². The molecule has 0 fully saturated rings. The molecule has 0 saturated carbocycles. The van der Waals surface area contributed by atoms with Gasteiger partial charge in [0.2, 0.25) is 0 Å². The molecule has 1 atom stereocenters. The maximum atomic E-state index is 4.73. The van der Waals surface area contributed by atoms with Crippen molar-refractivity contribution in [1.82, 2.24) is 0 Å². The third-order valence-electron chi connectivity index (χ3n) is 11.3. The second-order valence-corrected chi connectivity index (χ2v) is 15.1. The summed E-state index contributed by atoms with van der Waals surface area (Å²) in [6.07, 6.45) is 16.1. The summed E-state index contributed by atoms with van der Waals surface area (Å²) in [6.45, 7) is 19.5. The van der Waals surface area contributed by atoms with Crippen LogP contribution in [0.3, 0.4) is 0 Å². The summed E-state index contributed by atoms with van der Waals surface area (Å²) >= 11 is 0. The third kappa shape index (κ3) is 11.2. The van der Waals surface area contributed by atoms with Gasteiger partial charge in [-0.3, -0.25) is 0 Å². The lowest BCUT2D eigenvalue weighted by molar-refractivity contribution is 0.776. The first-order chi connectivity index (χ1) is 29.4. The fourth-order valence-corrected chi connectivity index (χ4v) is 8.12. The fourth-order valence-electron chi connectivity index (χ4n) is 8.12. The van der Waals surface area contributed by atoms with Gasteiger partial charge < -0.3 is 0 Å². The summed E-state index contributed by atoms with van der Waals surface area (Å²) in [6, 6.07) is 57.2. The van der Waals surface area contributed by atoms with Gasteiger partial charge in [0, 0.05) is 0 Å². The molecule has 1 unspecified atom stereocenters. The molecular formula is C62H68. The Morgan fingerprint density at radius 3 is 1.90 bits per heavy atom. The zero-order valence-corrected chi connectivity index (χ0v) is 36.7. The monoisotopic (exact) mass is 813 g/mol. The highest BCUT2D eigenvalue weighted by atomic mass is 14.2. The number of aryl methyl sites for hydroxylation is 1. The van der Waals surface area contributed by atoms with E-state index in [1.807, 2.05) is 27.7 Å². The Kier molecular flexibility index (Phi) is 18.2. The molecule has 7 aromatic carbocycles. The lowest BCUT2D eigenvalue weighted by Gasteiger charge is -2.18. The Morgan fingerprint density at radius 1 is 0.597 bits per heavy atom. The molecule has 1 aliphatic carbocycles. The van der Waals surface area contributed by atoms with Crippen LogP contribution in [0.4, 0.5) is 0 Å². The summed E-state index contributed by atoms with van der Waals surface area (Å²) in [7, 11) is 0. The molecule has 0 spiro atoms. The summed E-state index contributed by atoms with van der Waals surface area (Å²) < 4.78 is 0. The Labute approximate surface area is 375 Å². The average molecular weight is 813 g/mol. The zero-order valence-electron chi connectivity index (χ0n) is 36.7. The molecule has 0 saturated heterocycles. The molecule has 316 valence electrons. The van der Waals surface area contributed by atoms with Crippen molar-refractivity contribution in [2.45, 2.75) is 76.2 Å². The summed E-state index contributed by atoms with van der Waals surface area (Å²) in [5.74, 6) is 0.305. The van der Waals surface area contributed by atoms with Crippen LogP contribution in [0, 0.1) is 12.8 Å². The number of allylic oxidation sites excluding steroid dienone is 10. The van der Waals surface area contributed by atoms with E-state index in [1.54, 1.807) is 0 Å². The highest BCUT2D eigenvalue weighted by Gasteiger charge is 2.16. The van der Waals surface area contributed by atoms with E-state index in [0.29, 0.717) is 5.92 Å². The number of hydrogen-bond donors (Lipinski definition) is 0. The molecular weight excluding hydrogens is 745 g/mol. The zero-order chi connectivity index (χ0) is 42.4. The molecule has 0 bridgehead atoms. The average Bonchev–Trinajstić information content (AvgIpc) is 3.32. The molecule has 0 amide bonds. The van der Waals surface area contributed by atoms with Gasteiger partial charge in [-0.05, 0) is 139 Å². The number of benzene rings is 7. The molecule has 62 heavy (non-hydrogen) atoms. The normalized spacial score (nSPS) is 13.0. The van der Waals surface area contributed by atoms with Gasteiger partial charge in [-0.25, -0.2) is 0 Å². The SMILES string of the molecule is C.C.C=C(/C=C(/c1cccc(C(/C=C(\C)c2ccccc2)=C/C(C)C2=CC=CCC2)c1)c1cc(-c2cccc3ccccc23)ccc1C)c1cccc2ccccc12.CC.CC. The van der Waals surface area contributed by atoms with Crippen molar-refractivity contribution in [2.24, 2.45) is 5.92 Å². The van der Waals surface area contributed by atoms with Crippen LogP contribution in [0.1, 0.15) is 103 Å². The first-order valence-electron chi connectivity index (χ1n) is 21.8. The van der Waals surface area contributed by atoms with E-state index in [-0.39, 0.29) is 14.9 Å². The highest BCUT2D eigenvalue weighted by molar-refractivity contribution is 6.01. The molecule has 0 heterocycles. The first kappa shape index (κ1) is 48.2. The molecule has 0 nitrogen and oxygen atoms in total. The fraction of sp³-hybridized carbons (Fsp3) is 0.194. The van der Waals surface area contributed by atoms with E-state index in [2.05, 4.69) is 215 Å². The maximum Gasteiger partial charge on any atom is -0.00392 e. The second-order valence-electron chi connectivity index (χ2n) is 15.1. The summed E-state index contributed by atoms with van der Waals surface area (Å²) in [5, 5.41) is 4.92. The van der Waals surface area contributed by atoms with Crippen molar-refractivity contribution in [1.29, 1.82) is 0 Å². The predicted molar refractivity (Wildman–Crippen MR) is 280 cm³/mol. The van der Waals surface area contributed by atoms with Gasteiger partial charge in [0.15, 0.2) is 0 Å². The number of hydrogen-bond acceptors (Lipinski definition) is 0. The molecule has 0 aliphatic heterocycles. The lowest BCUT2D eigenvalue weighted by Crippen LogP contribution is -2.00. The van der Waals surface area contributed by atoms with Gasteiger partial charge in [0.05, 0.1) is 0 Å². The van der Waals surface area contributed by atoms with Crippen LogP contribution in [0.25, 0.3) is 55.0 Å². The largest absolute Gasteiger partial charge is 0.0911 e. The second kappa shape index (κ2) is 23.5. The van der Waals surface area contributed by atoms with Crippen LogP contribution in [-0.2, 0) is 0 Å². The molecule has 0 N–H and O–H groups in total. The molecule has 7 aromatic rings. The Morgan fingerprint density at radius 2 is 1.19 bits per heavy atom. The van der Waals surface area contributed by atoms with E-state index < -0.39 is 0 Å². The maximum absolute atomic E-state index is 4.73. The van der Waals surface area contributed by atoms with Crippen molar-refractivity contribution < 1.29 is 0 Å². The van der Waals surface area contributed by atoms with Gasteiger partial charge >= 0.3 is 0 Å². The van der Waals surface area contributed by atoms with E-state index in [9.17, 15) is 0 Å². The first-order valence-corrected chi connectivity index (χ1v) is 21.8. The number of fused-ring (bicyclic) bond motifs is 2. The molecule has 0 radical (unpaired) electrons. The van der Waals surface area contributed by atoms with E-state index in [4.69, 9.17) is 6.58 Å². The Balaban J connectivity index is 0.00000137. The molecule has 0 aromatic heterocycles. The van der Waals surface area contributed by atoms with Crippen molar-refractivity contribution in [3.63, 3.8) is 0 Å².